The summed E-state index contributed by atoms with van der Waals surface area (Å²) in [5.41, 5.74) is 1.54. The van der Waals surface area contributed by atoms with Crippen molar-refractivity contribution in [1.29, 1.82) is 5.26 Å². The van der Waals surface area contributed by atoms with E-state index in [0.717, 1.165) is 5.56 Å². The molecule has 0 radical (unpaired) electrons. The van der Waals surface area contributed by atoms with Crippen LogP contribution in [0.3, 0.4) is 0 Å². The number of nitrogens with zero attached hydrogens (tertiary/aromatic N) is 1. The van der Waals surface area contributed by atoms with E-state index in [1.54, 1.807) is 24.3 Å². The number of nitriles is 1. The highest BCUT2D eigenvalue weighted by Gasteiger charge is 2.20. The monoisotopic (exact) mass is 216 g/mol. The van der Waals surface area contributed by atoms with Crippen molar-refractivity contribution in [3.05, 3.63) is 35.4 Å². The molecule has 0 aliphatic carbocycles. The van der Waals surface area contributed by atoms with E-state index in [9.17, 15) is 4.79 Å². The number of hydrogen-bond donors (Lipinski definition) is 1. The van der Waals surface area contributed by atoms with Gasteiger partial charge in [-0.1, -0.05) is 12.1 Å². The standard InChI is InChI=1S/C12H12N2O2/c13-6-5-9-1-3-10(4-2-9)12(15)14-11-7-16-8-11/h1-4,11H,5,7-8H2,(H,14,15). The smallest absolute Gasteiger partial charge is 0.251 e. The Hall–Kier alpha value is -1.86. The van der Waals surface area contributed by atoms with Crippen LogP contribution in [0.1, 0.15) is 15.9 Å². The molecule has 0 bridgehead atoms. The lowest BCUT2D eigenvalue weighted by atomic mass is 10.1. The Morgan fingerprint density at radius 1 is 1.44 bits per heavy atom. The minimum Gasteiger partial charge on any atom is -0.377 e. The molecule has 1 N–H and O–H groups in total. The zero-order chi connectivity index (χ0) is 11.4. The number of ether oxygens (including phenoxy) is 1. The van der Waals surface area contributed by atoms with Gasteiger partial charge in [-0.3, -0.25) is 4.79 Å². The molecule has 0 atom stereocenters. The molecule has 1 saturated heterocycles. The Morgan fingerprint density at radius 2 is 2.12 bits per heavy atom. The molecule has 0 saturated carbocycles. The molecular formula is C12H12N2O2. The van der Waals surface area contributed by atoms with Gasteiger partial charge in [0.2, 0.25) is 0 Å². The van der Waals surface area contributed by atoms with Crippen LogP contribution in [0.25, 0.3) is 0 Å². The average Bonchev–Trinajstić information content (AvgIpc) is 2.25. The van der Waals surface area contributed by atoms with Crippen LogP contribution in [0.15, 0.2) is 24.3 Å². The predicted octanol–water partition coefficient (Wildman–Crippen LogP) is 0.881. The van der Waals surface area contributed by atoms with Crippen molar-refractivity contribution >= 4 is 5.91 Å². The van der Waals surface area contributed by atoms with Crippen LogP contribution in [0.5, 0.6) is 0 Å². The maximum atomic E-state index is 11.7. The number of carbonyl (C=O) groups excluding carboxylic acids is 1. The van der Waals surface area contributed by atoms with E-state index >= 15 is 0 Å². The third-order valence-electron chi connectivity index (χ3n) is 2.47. The summed E-state index contributed by atoms with van der Waals surface area (Å²) in [6.45, 7) is 1.19. The largest absolute Gasteiger partial charge is 0.377 e. The Balaban J connectivity index is 1.97. The van der Waals surface area contributed by atoms with Crippen LogP contribution in [-0.4, -0.2) is 25.2 Å². The molecule has 1 amide bonds. The number of amides is 1. The highest BCUT2D eigenvalue weighted by Crippen LogP contribution is 2.07. The third-order valence-corrected chi connectivity index (χ3v) is 2.47. The van der Waals surface area contributed by atoms with Gasteiger partial charge < -0.3 is 10.1 Å². The van der Waals surface area contributed by atoms with E-state index in [0.29, 0.717) is 25.2 Å². The van der Waals surface area contributed by atoms with E-state index in [1.165, 1.54) is 0 Å². The molecule has 0 spiro atoms. The predicted molar refractivity (Wildman–Crippen MR) is 57.8 cm³/mol. The molecule has 0 unspecified atom stereocenters. The van der Waals surface area contributed by atoms with Crippen LogP contribution in [-0.2, 0) is 11.2 Å². The fraction of sp³-hybridized carbons (Fsp3) is 0.333. The fourth-order valence-electron chi connectivity index (χ4n) is 1.45. The molecule has 4 heteroatoms. The Kier molecular flexibility index (Phi) is 3.18. The quantitative estimate of drug-likeness (QED) is 0.815. The maximum Gasteiger partial charge on any atom is 0.251 e. The lowest BCUT2D eigenvalue weighted by Crippen LogP contribution is -2.48. The van der Waals surface area contributed by atoms with E-state index < -0.39 is 0 Å². The van der Waals surface area contributed by atoms with Gasteiger partial charge in [-0.25, -0.2) is 0 Å². The van der Waals surface area contributed by atoms with Crippen LogP contribution in [0.4, 0.5) is 0 Å². The first-order valence-electron chi connectivity index (χ1n) is 5.14. The van der Waals surface area contributed by atoms with E-state index in [2.05, 4.69) is 11.4 Å². The zero-order valence-electron chi connectivity index (χ0n) is 8.77. The van der Waals surface area contributed by atoms with Gasteiger partial charge in [0.05, 0.1) is 31.7 Å². The SMILES string of the molecule is N#CCc1ccc(C(=O)NC2COC2)cc1. The van der Waals surface area contributed by atoms with Gasteiger partial charge in [0.15, 0.2) is 0 Å². The normalized spacial score (nSPS) is 14.9. The van der Waals surface area contributed by atoms with Crippen molar-refractivity contribution in [2.24, 2.45) is 0 Å². The Bertz CT molecular complexity index is 416. The highest BCUT2D eigenvalue weighted by molar-refractivity contribution is 5.94. The summed E-state index contributed by atoms with van der Waals surface area (Å²) in [7, 11) is 0. The number of rotatable bonds is 3. The summed E-state index contributed by atoms with van der Waals surface area (Å²) in [4.78, 5) is 11.7. The van der Waals surface area contributed by atoms with Crippen LogP contribution in [0, 0.1) is 11.3 Å². The van der Waals surface area contributed by atoms with E-state index in [4.69, 9.17) is 10.00 Å². The molecule has 16 heavy (non-hydrogen) atoms. The summed E-state index contributed by atoms with van der Waals surface area (Å²) in [5, 5.41) is 11.4. The number of benzene rings is 1. The van der Waals surface area contributed by atoms with Crippen LogP contribution in [0.2, 0.25) is 0 Å². The van der Waals surface area contributed by atoms with Crippen LogP contribution < -0.4 is 5.32 Å². The van der Waals surface area contributed by atoms with Gasteiger partial charge in [-0.2, -0.15) is 5.26 Å². The molecule has 82 valence electrons. The third kappa shape index (κ3) is 2.38. The summed E-state index contributed by atoms with van der Waals surface area (Å²) in [6.07, 6.45) is 0.373. The minimum absolute atomic E-state index is 0.0863. The first-order chi connectivity index (χ1) is 7.79. The molecule has 0 aromatic heterocycles. The summed E-state index contributed by atoms with van der Waals surface area (Å²) in [5.74, 6) is -0.0863. The molecule has 2 rings (SSSR count). The molecule has 4 nitrogen and oxygen atoms in total. The molecule has 1 aromatic rings. The van der Waals surface area contributed by atoms with Gasteiger partial charge in [0.1, 0.15) is 0 Å². The fourth-order valence-corrected chi connectivity index (χ4v) is 1.45. The van der Waals surface area contributed by atoms with Crippen molar-refractivity contribution in [2.45, 2.75) is 12.5 Å². The van der Waals surface area contributed by atoms with Gasteiger partial charge in [0, 0.05) is 5.56 Å². The van der Waals surface area contributed by atoms with E-state index in [1.807, 2.05) is 0 Å². The van der Waals surface area contributed by atoms with Crippen molar-refractivity contribution in [3.63, 3.8) is 0 Å². The molecule has 1 aromatic carbocycles. The second-order valence-electron chi connectivity index (χ2n) is 3.74. The van der Waals surface area contributed by atoms with E-state index in [-0.39, 0.29) is 11.9 Å². The average molecular weight is 216 g/mol. The number of nitrogens with one attached hydrogen (secondary N) is 1. The number of hydrogen-bond acceptors (Lipinski definition) is 3. The first kappa shape index (κ1) is 10.7. The van der Waals surface area contributed by atoms with Crippen molar-refractivity contribution in [3.8, 4) is 6.07 Å². The Morgan fingerprint density at radius 3 is 2.62 bits per heavy atom. The lowest BCUT2D eigenvalue weighted by Gasteiger charge is -2.26. The highest BCUT2D eigenvalue weighted by atomic mass is 16.5. The topological polar surface area (TPSA) is 62.1 Å². The maximum absolute atomic E-state index is 11.7. The Labute approximate surface area is 93.8 Å². The minimum atomic E-state index is -0.0863. The molecule has 1 fully saturated rings. The summed E-state index contributed by atoms with van der Waals surface area (Å²) >= 11 is 0. The zero-order valence-corrected chi connectivity index (χ0v) is 8.77. The van der Waals surface area contributed by atoms with Crippen molar-refractivity contribution in [1.82, 2.24) is 5.32 Å². The lowest BCUT2D eigenvalue weighted by molar-refractivity contribution is -0.00346. The van der Waals surface area contributed by atoms with Crippen LogP contribution >= 0.6 is 0 Å². The molecule has 1 aliphatic heterocycles. The first-order valence-corrected chi connectivity index (χ1v) is 5.14. The molecule has 1 heterocycles. The molecule has 1 aliphatic rings. The summed E-state index contributed by atoms with van der Waals surface area (Å²) < 4.78 is 4.97. The molecular weight excluding hydrogens is 204 g/mol. The number of carbonyl (C=O) groups is 1. The second-order valence-corrected chi connectivity index (χ2v) is 3.74. The van der Waals surface area contributed by atoms with Gasteiger partial charge in [0.25, 0.3) is 5.91 Å². The second kappa shape index (κ2) is 4.77. The van der Waals surface area contributed by atoms with Gasteiger partial charge in [-0.15, -0.1) is 0 Å². The summed E-state index contributed by atoms with van der Waals surface area (Å²) in [6, 6.07) is 9.29. The van der Waals surface area contributed by atoms with Crippen molar-refractivity contribution < 1.29 is 9.53 Å². The van der Waals surface area contributed by atoms with Gasteiger partial charge >= 0.3 is 0 Å². The van der Waals surface area contributed by atoms with Gasteiger partial charge in [-0.05, 0) is 17.7 Å². The van der Waals surface area contributed by atoms with Crippen molar-refractivity contribution in [2.75, 3.05) is 13.2 Å².